The number of rotatable bonds is 32. The minimum atomic E-state index is -0.126. The second kappa shape index (κ2) is 30.6. The summed E-state index contributed by atoms with van der Waals surface area (Å²) in [6, 6.07) is 7.39. The van der Waals surface area contributed by atoms with Gasteiger partial charge >= 0.3 is 5.97 Å². The van der Waals surface area contributed by atoms with Crippen molar-refractivity contribution in [3.05, 3.63) is 24.3 Å². The van der Waals surface area contributed by atoms with E-state index in [4.69, 9.17) is 34.2 Å². The molecular weight excluding hydrogens is 534 g/mol. The van der Waals surface area contributed by atoms with E-state index in [1.165, 1.54) is 83.5 Å². The number of carbonyl (C=O) groups excluding carboxylic acids is 1. The van der Waals surface area contributed by atoms with Crippen LogP contribution in [-0.4, -0.2) is 72.0 Å². The molecule has 8 nitrogen and oxygen atoms in total. The quantitative estimate of drug-likeness (QED) is 0.0519. The van der Waals surface area contributed by atoms with E-state index in [0.717, 1.165) is 12.8 Å². The molecule has 0 saturated heterocycles. The standard InChI is InChI=1S/C34H61NO7/c1-2-3-4-5-6-7-8-9-10-11-12-13-14-15-16-21-34(36)42-31-29-40-27-25-38-23-22-37-24-26-39-28-30-41-33-20-18-17-19-32(33)35/h17-20H,2-16,21-31,35H2,1H3. The molecule has 0 aliphatic carbocycles. The number of benzene rings is 1. The van der Waals surface area contributed by atoms with Gasteiger partial charge in [-0.25, -0.2) is 0 Å². The van der Waals surface area contributed by atoms with Gasteiger partial charge in [-0.05, 0) is 18.6 Å². The fourth-order valence-corrected chi connectivity index (χ4v) is 4.51. The zero-order valence-corrected chi connectivity index (χ0v) is 26.6. The number of nitrogen functional groups attached to an aromatic ring is 1. The lowest BCUT2D eigenvalue weighted by molar-refractivity contribution is -0.145. The van der Waals surface area contributed by atoms with Crippen molar-refractivity contribution in [3.8, 4) is 5.75 Å². The molecule has 2 N–H and O–H groups in total. The van der Waals surface area contributed by atoms with Crippen molar-refractivity contribution in [1.82, 2.24) is 0 Å². The predicted molar refractivity (Wildman–Crippen MR) is 170 cm³/mol. The lowest BCUT2D eigenvalue weighted by atomic mass is 10.0. The van der Waals surface area contributed by atoms with Gasteiger partial charge in [-0.1, -0.05) is 109 Å². The van der Waals surface area contributed by atoms with Crippen molar-refractivity contribution in [2.45, 2.75) is 110 Å². The first-order chi connectivity index (χ1) is 20.7. The molecule has 0 heterocycles. The largest absolute Gasteiger partial charge is 0.489 e. The molecule has 0 amide bonds. The molecular formula is C34H61NO7. The lowest BCUT2D eigenvalue weighted by Gasteiger charge is -2.09. The minimum absolute atomic E-state index is 0.126. The van der Waals surface area contributed by atoms with Gasteiger partial charge in [-0.15, -0.1) is 0 Å². The maximum absolute atomic E-state index is 11.8. The second-order valence-corrected chi connectivity index (χ2v) is 10.8. The molecule has 1 rings (SSSR count). The molecule has 0 atom stereocenters. The van der Waals surface area contributed by atoms with E-state index >= 15 is 0 Å². The van der Waals surface area contributed by atoms with Gasteiger partial charge in [0.25, 0.3) is 0 Å². The van der Waals surface area contributed by atoms with Gasteiger partial charge in [-0.3, -0.25) is 4.79 Å². The summed E-state index contributed by atoms with van der Waals surface area (Å²) in [7, 11) is 0. The number of anilines is 1. The first-order valence-corrected chi connectivity index (χ1v) is 16.7. The highest BCUT2D eigenvalue weighted by atomic mass is 16.6. The summed E-state index contributed by atoms with van der Waals surface area (Å²) >= 11 is 0. The number of hydrogen-bond donors (Lipinski definition) is 1. The van der Waals surface area contributed by atoms with Crippen LogP contribution in [0.2, 0.25) is 0 Å². The summed E-state index contributed by atoms with van der Waals surface area (Å²) < 4.78 is 32.7. The molecule has 1 aromatic rings. The van der Waals surface area contributed by atoms with Crippen LogP contribution in [-0.2, 0) is 28.5 Å². The molecule has 42 heavy (non-hydrogen) atoms. The van der Waals surface area contributed by atoms with E-state index in [-0.39, 0.29) is 5.97 Å². The maximum Gasteiger partial charge on any atom is 0.305 e. The van der Waals surface area contributed by atoms with E-state index in [1.807, 2.05) is 18.2 Å². The van der Waals surface area contributed by atoms with Crippen molar-refractivity contribution >= 4 is 11.7 Å². The Labute approximate surface area is 256 Å². The van der Waals surface area contributed by atoms with Crippen LogP contribution in [0.1, 0.15) is 110 Å². The van der Waals surface area contributed by atoms with Crippen LogP contribution in [0.15, 0.2) is 24.3 Å². The first-order valence-electron chi connectivity index (χ1n) is 16.7. The Hall–Kier alpha value is -1.87. The highest BCUT2D eigenvalue weighted by Gasteiger charge is 2.03. The summed E-state index contributed by atoms with van der Waals surface area (Å²) in [5.74, 6) is 0.546. The number of hydrogen-bond acceptors (Lipinski definition) is 8. The van der Waals surface area contributed by atoms with Gasteiger partial charge in [0, 0.05) is 6.42 Å². The monoisotopic (exact) mass is 595 g/mol. The molecule has 0 bridgehead atoms. The Bertz CT molecular complexity index is 719. The Morgan fingerprint density at radius 1 is 0.548 bits per heavy atom. The normalized spacial score (nSPS) is 11.2. The zero-order valence-electron chi connectivity index (χ0n) is 26.6. The number of esters is 1. The first kappa shape index (κ1) is 38.2. The number of carbonyl (C=O) groups is 1. The summed E-state index contributed by atoms with van der Waals surface area (Å²) in [5, 5.41) is 0. The average molecular weight is 596 g/mol. The van der Waals surface area contributed by atoms with Crippen LogP contribution < -0.4 is 10.5 Å². The van der Waals surface area contributed by atoms with Crippen LogP contribution in [0.3, 0.4) is 0 Å². The number of nitrogens with two attached hydrogens (primary N) is 1. The average Bonchev–Trinajstić information content (AvgIpc) is 2.99. The highest BCUT2D eigenvalue weighted by Crippen LogP contribution is 2.19. The van der Waals surface area contributed by atoms with Crippen molar-refractivity contribution in [3.63, 3.8) is 0 Å². The molecule has 0 aromatic heterocycles. The van der Waals surface area contributed by atoms with Gasteiger partial charge in [-0.2, -0.15) is 0 Å². The lowest BCUT2D eigenvalue weighted by Crippen LogP contribution is -2.15. The SMILES string of the molecule is CCCCCCCCCCCCCCCCCC(=O)OCCOCCOCCOCCOCCOc1ccccc1N. The van der Waals surface area contributed by atoms with Crippen LogP contribution in [0, 0.1) is 0 Å². The smallest absolute Gasteiger partial charge is 0.305 e. The fraction of sp³-hybridized carbons (Fsp3) is 0.794. The molecule has 0 spiro atoms. The van der Waals surface area contributed by atoms with E-state index < -0.39 is 0 Å². The summed E-state index contributed by atoms with van der Waals surface area (Å²) in [4.78, 5) is 11.8. The van der Waals surface area contributed by atoms with Crippen molar-refractivity contribution in [2.75, 3.05) is 71.8 Å². The molecule has 244 valence electrons. The predicted octanol–water partition coefficient (Wildman–Crippen LogP) is 7.52. The third-order valence-corrected chi connectivity index (χ3v) is 7.00. The fourth-order valence-electron chi connectivity index (χ4n) is 4.51. The molecule has 0 aliphatic rings. The number of ether oxygens (including phenoxy) is 6. The Morgan fingerprint density at radius 3 is 1.43 bits per heavy atom. The van der Waals surface area contributed by atoms with Gasteiger partial charge < -0.3 is 34.2 Å². The highest BCUT2D eigenvalue weighted by molar-refractivity contribution is 5.69. The third kappa shape index (κ3) is 25.8. The second-order valence-electron chi connectivity index (χ2n) is 10.8. The van der Waals surface area contributed by atoms with Crippen LogP contribution in [0.5, 0.6) is 5.75 Å². The summed E-state index contributed by atoms with van der Waals surface area (Å²) in [6.45, 7) is 6.80. The summed E-state index contributed by atoms with van der Waals surface area (Å²) in [5.41, 5.74) is 6.44. The van der Waals surface area contributed by atoms with Crippen LogP contribution in [0.25, 0.3) is 0 Å². The topological polar surface area (TPSA) is 98.5 Å². The molecule has 0 aliphatic heterocycles. The number of unbranched alkanes of at least 4 members (excludes halogenated alkanes) is 14. The molecule has 0 fully saturated rings. The molecule has 0 radical (unpaired) electrons. The minimum Gasteiger partial charge on any atom is -0.489 e. The Morgan fingerprint density at radius 2 is 0.952 bits per heavy atom. The third-order valence-electron chi connectivity index (χ3n) is 7.00. The van der Waals surface area contributed by atoms with Crippen molar-refractivity contribution in [1.29, 1.82) is 0 Å². The van der Waals surface area contributed by atoms with Crippen molar-refractivity contribution in [2.24, 2.45) is 0 Å². The Kier molecular flexibility index (Phi) is 27.8. The van der Waals surface area contributed by atoms with E-state index in [0.29, 0.717) is 83.9 Å². The van der Waals surface area contributed by atoms with E-state index in [9.17, 15) is 4.79 Å². The Balaban J connectivity index is 1.70. The van der Waals surface area contributed by atoms with Crippen LogP contribution in [0.4, 0.5) is 5.69 Å². The van der Waals surface area contributed by atoms with Gasteiger partial charge in [0.15, 0.2) is 0 Å². The van der Waals surface area contributed by atoms with Gasteiger partial charge in [0.2, 0.25) is 0 Å². The molecule has 8 heteroatoms. The van der Waals surface area contributed by atoms with Crippen molar-refractivity contribution < 1.29 is 33.2 Å². The molecule has 0 unspecified atom stereocenters. The maximum atomic E-state index is 11.8. The van der Waals surface area contributed by atoms with Crippen LogP contribution >= 0.6 is 0 Å². The van der Waals surface area contributed by atoms with E-state index in [1.54, 1.807) is 6.07 Å². The van der Waals surface area contributed by atoms with Gasteiger partial charge in [0.1, 0.15) is 19.0 Å². The van der Waals surface area contributed by atoms with Gasteiger partial charge in [0.05, 0.1) is 58.5 Å². The number of para-hydroxylation sites is 2. The van der Waals surface area contributed by atoms with E-state index in [2.05, 4.69) is 6.92 Å². The molecule has 1 aromatic carbocycles. The molecule has 0 saturated carbocycles. The zero-order chi connectivity index (χ0) is 30.2. The summed E-state index contributed by atoms with van der Waals surface area (Å²) in [6.07, 6.45) is 20.3.